The number of nitrogens with zero attached hydrogens (tertiary/aromatic N) is 1. The van der Waals surface area contributed by atoms with E-state index in [4.69, 9.17) is 4.74 Å². The second kappa shape index (κ2) is 9.17. The highest BCUT2D eigenvalue weighted by Crippen LogP contribution is 2.20. The van der Waals surface area contributed by atoms with Gasteiger partial charge in [0.15, 0.2) is 0 Å². The minimum Gasteiger partial charge on any atom is -0.748 e. The van der Waals surface area contributed by atoms with E-state index in [1.54, 1.807) is 0 Å². The quantitative estimate of drug-likeness (QED) is 0.190. The van der Waals surface area contributed by atoms with Crippen LogP contribution in [0.1, 0.15) is 40.0 Å². The van der Waals surface area contributed by atoms with Crippen molar-refractivity contribution in [2.75, 3.05) is 25.6 Å². The number of rotatable bonds is 11. The maximum absolute atomic E-state index is 11.3. The first-order valence-corrected chi connectivity index (χ1v) is 8.87. The maximum atomic E-state index is 11.3. The molecule has 0 rings (SSSR count). The monoisotopic (exact) mass is 321 g/mol. The molecule has 0 aromatic heterocycles. The second-order valence-corrected chi connectivity index (χ2v) is 6.89. The van der Waals surface area contributed by atoms with Gasteiger partial charge in [-0.25, -0.2) is 13.2 Å². The summed E-state index contributed by atoms with van der Waals surface area (Å²) < 4.78 is 38.2. The molecule has 0 saturated carbocycles. The standard InChI is InChI=1S/C14H27NO5S/c1-5-9-15(10-6-2,12-20-14(16)7-3)13(4)8-11-21(17,18)19/h7,13H,3,5-6,8-12H2,1-2,4H3. The Bertz CT molecular complexity index is 427. The minimum atomic E-state index is -4.23. The van der Waals surface area contributed by atoms with Crippen molar-refractivity contribution in [1.29, 1.82) is 0 Å². The minimum absolute atomic E-state index is 0.0776. The summed E-state index contributed by atoms with van der Waals surface area (Å²) in [4.78, 5) is 11.3. The van der Waals surface area contributed by atoms with Crippen molar-refractivity contribution in [3.63, 3.8) is 0 Å². The highest BCUT2D eigenvalue weighted by atomic mass is 32.2. The lowest BCUT2D eigenvalue weighted by Crippen LogP contribution is -2.57. The van der Waals surface area contributed by atoms with E-state index in [-0.39, 0.29) is 19.2 Å². The normalized spacial score (nSPS) is 13.7. The number of carbonyl (C=O) groups is 1. The number of esters is 1. The summed E-state index contributed by atoms with van der Waals surface area (Å²) in [6, 6.07) is -0.0776. The fourth-order valence-electron chi connectivity index (χ4n) is 2.54. The Morgan fingerprint density at radius 1 is 1.33 bits per heavy atom. The zero-order valence-corrected chi connectivity index (χ0v) is 14.0. The lowest BCUT2D eigenvalue weighted by Gasteiger charge is -2.42. The van der Waals surface area contributed by atoms with Crippen LogP contribution in [-0.4, -0.2) is 55.0 Å². The average Bonchev–Trinajstić information content (AvgIpc) is 2.41. The van der Waals surface area contributed by atoms with Gasteiger partial charge in [-0.05, 0) is 19.8 Å². The number of carbonyl (C=O) groups excluding carboxylic acids is 1. The second-order valence-electron chi connectivity index (χ2n) is 5.36. The fourth-order valence-corrected chi connectivity index (χ4v) is 3.17. The van der Waals surface area contributed by atoms with Gasteiger partial charge in [0, 0.05) is 18.2 Å². The molecule has 6 nitrogen and oxygen atoms in total. The molecule has 0 spiro atoms. The van der Waals surface area contributed by atoms with Gasteiger partial charge in [0.1, 0.15) is 0 Å². The van der Waals surface area contributed by atoms with Crippen molar-refractivity contribution >= 4 is 16.1 Å². The van der Waals surface area contributed by atoms with Crippen LogP contribution in [0.3, 0.4) is 0 Å². The Hall–Kier alpha value is -0.920. The van der Waals surface area contributed by atoms with E-state index >= 15 is 0 Å². The van der Waals surface area contributed by atoms with Crippen LogP contribution < -0.4 is 0 Å². The van der Waals surface area contributed by atoms with E-state index in [9.17, 15) is 17.8 Å². The summed E-state index contributed by atoms with van der Waals surface area (Å²) in [5.41, 5.74) is 0. The molecule has 0 aliphatic heterocycles. The molecule has 0 amide bonds. The first kappa shape index (κ1) is 20.1. The Balaban J connectivity index is 5.04. The first-order chi connectivity index (χ1) is 9.70. The zero-order chi connectivity index (χ0) is 16.5. The molecule has 0 heterocycles. The number of hydrogen-bond acceptors (Lipinski definition) is 5. The van der Waals surface area contributed by atoms with Crippen molar-refractivity contribution in [2.24, 2.45) is 0 Å². The Morgan fingerprint density at radius 3 is 2.24 bits per heavy atom. The predicted octanol–water partition coefficient (Wildman–Crippen LogP) is 1.63. The summed E-state index contributed by atoms with van der Waals surface area (Å²) in [6.45, 7) is 11.0. The molecule has 0 bridgehead atoms. The molecule has 0 N–H and O–H groups in total. The Kier molecular flexibility index (Phi) is 8.77. The molecule has 1 atom stereocenters. The molecule has 0 aliphatic carbocycles. The molecule has 0 saturated heterocycles. The molecule has 0 aliphatic rings. The Morgan fingerprint density at radius 2 is 1.86 bits per heavy atom. The van der Waals surface area contributed by atoms with Gasteiger partial charge >= 0.3 is 5.97 Å². The summed E-state index contributed by atoms with van der Waals surface area (Å²) in [5, 5.41) is 0. The van der Waals surface area contributed by atoms with Gasteiger partial charge in [0.2, 0.25) is 6.73 Å². The highest BCUT2D eigenvalue weighted by Gasteiger charge is 2.33. The molecule has 0 radical (unpaired) electrons. The Labute approximate surface area is 128 Å². The molecule has 0 aromatic rings. The van der Waals surface area contributed by atoms with Gasteiger partial charge in [-0.3, -0.25) is 4.48 Å². The molecular weight excluding hydrogens is 294 g/mol. The summed E-state index contributed by atoms with van der Waals surface area (Å²) in [7, 11) is -4.23. The van der Waals surface area contributed by atoms with E-state index in [2.05, 4.69) is 6.58 Å². The van der Waals surface area contributed by atoms with Crippen molar-refractivity contribution in [3.05, 3.63) is 12.7 Å². The molecule has 21 heavy (non-hydrogen) atoms. The summed E-state index contributed by atoms with van der Waals surface area (Å²) in [5.74, 6) is -0.884. The smallest absolute Gasteiger partial charge is 0.334 e. The lowest BCUT2D eigenvalue weighted by atomic mass is 10.1. The third kappa shape index (κ3) is 7.59. The van der Waals surface area contributed by atoms with Crippen LogP contribution in [0.25, 0.3) is 0 Å². The maximum Gasteiger partial charge on any atom is 0.334 e. The number of hydrogen-bond donors (Lipinski definition) is 0. The summed E-state index contributed by atoms with van der Waals surface area (Å²) >= 11 is 0. The van der Waals surface area contributed by atoms with Crippen molar-refractivity contribution in [1.82, 2.24) is 0 Å². The van der Waals surface area contributed by atoms with Crippen LogP contribution in [0.2, 0.25) is 0 Å². The van der Waals surface area contributed by atoms with E-state index < -0.39 is 21.8 Å². The molecule has 124 valence electrons. The average molecular weight is 321 g/mol. The molecule has 7 heteroatoms. The van der Waals surface area contributed by atoms with Crippen LogP contribution in [0, 0.1) is 0 Å². The van der Waals surface area contributed by atoms with Crippen LogP contribution in [0.5, 0.6) is 0 Å². The van der Waals surface area contributed by atoms with E-state index in [1.807, 2.05) is 20.8 Å². The molecule has 0 aromatic carbocycles. The van der Waals surface area contributed by atoms with Crippen LogP contribution in [0.15, 0.2) is 12.7 Å². The van der Waals surface area contributed by atoms with Crippen LogP contribution in [0.4, 0.5) is 0 Å². The first-order valence-electron chi connectivity index (χ1n) is 7.29. The van der Waals surface area contributed by atoms with E-state index in [0.717, 1.165) is 32.0 Å². The van der Waals surface area contributed by atoms with Crippen LogP contribution in [-0.2, 0) is 19.6 Å². The topological polar surface area (TPSA) is 83.5 Å². The van der Waals surface area contributed by atoms with Gasteiger partial charge in [-0.15, -0.1) is 0 Å². The molecule has 0 fully saturated rings. The third-order valence-corrected chi connectivity index (χ3v) is 4.42. The van der Waals surface area contributed by atoms with Gasteiger partial charge in [-0.2, -0.15) is 0 Å². The third-order valence-electron chi connectivity index (χ3n) is 3.69. The van der Waals surface area contributed by atoms with Gasteiger partial charge in [-0.1, -0.05) is 20.4 Å². The zero-order valence-electron chi connectivity index (χ0n) is 13.2. The predicted molar refractivity (Wildman–Crippen MR) is 80.4 cm³/mol. The van der Waals surface area contributed by atoms with Gasteiger partial charge < -0.3 is 9.29 Å². The fraction of sp³-hybridized carbons (Fsp3) is 0.786. The van der Waals surface area contributed by atoms with Crippen molar-refractivity contribution in [2.45, 2.75) is 46.1 Å². The van der Waals surface area contributed by atoms with Gasteiger partial charge in [0.05, 0.1) is 29.2 Å². The largest absolute Gasteiger partial charge is 0.748 e. The number of ether oxygens (including phenoxy) is 1. The van der Waals surface area contributed by atoms with E-state index in [0.29, 0.717) is 4.48 Å². The van der Waals surface area contributed by atoms with Crippen LogP contribution >= 0.6 is 0 Å². The van der Waals surface area contributed by atoms with Crippen molar-refractivity contribution < 1.29 is 27.0 Å². The van der Waals surface area contributed by atoms with Gasteiger partial charge in [0.25, 0.3) is 0 Å². The highest BCUT2D eigenvalue weighted by molar-refractivity contribution is 7.85. The number of quaternary nitrogens is 1. The lowest BCUT2D eigenvalue weighted by molar-refractivity contribution is -0.964. The molecular formula is C14H27NO5S. The summed E-state index contributed by atoms with van der Waals surface area (Å²) in [6.07, 6.45) is 3.12. The SMILES string of the molecule is C=CC(=O)OC[N+](CCC)(CCC)C(C)CCS(=O)(=O)[O-]. The van der Waals surface area contributed by atoms with Crippen molar-refractivity contribution in [3.8, 4) is 0 Å². The molecule has 1 unspecified atom stereocenters. The van der Waals surface area contributed by atoms with E-state index in [1.165, 1.54) is 0 Å².